The number of aryl methyl sites for hydroxylation is 2. The van der Waals surface area contributed by atoms with E-state index in [2.05, 4.69) is 23.5 Å². The van der Waals surface area contributed by atoms with Gasteiger partial charge in [0.05, 0.1) is 0 Å². The first-order valence-corrected chi connectivity index (χ1v) is 11.2. The second-order valence-corrected chi connectivity index (χ2v) is 8.04. The highest BCUT2D eigenvalue weighted by molar-refractivity contribution is 5.93. The van der Waals surface area contributed by atoms with Crippen molar-refractivity contribution in [2.45, 2.75) is 58.8 Å². The minimum absolute atomic E-state index is 0.0688. The first-order chi connectivity index (χ1) is 15.4. The predicted molar refractivity (Wildman–Crippen MR) is 129 cm³/mol. The topological polar surface area (TPSA) is 42.9 Å². The monoisotopic (exact) mass is 432 g/mol. The molecule has 1 saturated carbocycles. The Morgan fingerprint density at radius 1 is 1.16 bits per heavy atom. The van der Waals surface area contributed by atoms with E-state index in [0.717, 1.165) is 36.9 Å². The van der Waals surface area contributed by atoms with Crippen molar-refractivity contribution in [2.24, 2.45) is 0 Å². The number of allylic oxidation sites excluding steroid dienone is 1. The van der Waals surface area contributed by atoms with Crippen LogP contribution < -0.4 is 0 Å². The fraction of sp³-hybridized carbons (Fsp3) is 0.321. The molecule has 1 aromatic carbocycles. The van der Waals surface area contributed by atoms with Crippen LogP contribution in [0.25, 0.3) is 0 Å². The number of hydrogen-bond acceptors (Lipinski definition) is 3. The predicted octanol–water partition coefficient (Wildman–Crippen LogP) is 7.28. The first-order valence-electron chi connectivity index (χ1n) is 11.2. The number of halogens is 1. The minimum Gasteiger partial charge on any atom is -0.294 e. The summed E-state index contributed by atoms with van der Waals surface area (Å²) in [7, 11) is 0. The molecule has 3 nitrogen and oxygen atoms in total. The average molecular weight is 433 g/mol. The third kappa shape index (κ3) is 8.54. The zero-order valence-electron chi connectivity index (χ0n) is 19.4. The quantitative estimate of drug-likeness (QED) is 0.321. The summed E-state index contributed by atoms with van der Waals surface area (Å²) in [6.45, 7) is 9.73. The van der Waals surface area contributed by atoms with Crippen molar-refractivity contribution in [3.63, 3.8) is 0 Å². The molecule has 0 saturated heterocycles. The normalized spacial score (nSPS) is 14.6. The summed E-state index contributed by atoms with van der Waals surface area (Å²) in [5, 5.41) is 0. The van der Waals surface area contributed by atoms with Crippen molar-refractivity contribution < 1.29 is 9.18 Å². The van der Waals surface area contributed by atoms with Crippen molar-refractivity contribution in [2.75, 3.05) is 0 Å². The lowest BCUT2D eigenvalue weighted by molar-refractivity contribution is 0.101. The highest BCUT2D eigenvalue weighted by Crippen LogP contribution is 2.36. The molecule has 0 N–H and O–H groups in total. The molecule has 168 valence electrons. The molecule has 0 aliphatic heterocycles. The van der Waals surface area contributed by atoms with E-state index in [1.165, 1.54) is 23.6 Å². The number of pyridine rings is 2. The lowest BCUT2D eigenvalue weighted by Gasteiger charge is -2.10. The molecule has 0 amide bonds. The molecule has 2 aromatic heterocycles. The van der Waals surface area contributed by atoms with Gasteiger partial charge in [0.25, 0.3) is 0 Å². The summed E-state index contributed by atoms with van der Waals surface area (Å²) < 4.78 is 12.5. The van der Waals surface area contributed by atoms with E-state index in [0.29, 0.717) is 11.5 Å². The summed E-state index contributed by atoms with van der Waals surface area (Å²) in [4.78, 5) is 19.3. The second-order valence-electron chi connectivity index (χ2n) is 8.04. The van der Waals surface area contributed by atoms with Gasteiger partial charge in [-0.2, -0.15) is 0 Å². The molecule has 4 heteroatoms. The molecule has 0 spiro atoms. The van der Waals surface area contributed by atoms with E-state index < -0.39 is 0 Å². The maximum Gasteiger partial charge on any atom is 0.161 e. The van der Waals surface area contributed by atoms with Crippen molar-refractivity contribution in [3.8, 4) is 0 Å². The van der Waals surface area contributed by atoms with Crippen LogP contribution in [0.4, 0.5) is 4.39 Å². The lowest BCUT2D eigenvalue weighted by Crippen LogP contribution is -2.00. The summed E-state index contributed by atoms with van der Waals surface area (Å²) in [6.07, 6.45) is 10.8. The van der Waals surface area contributed by atoms with Gasteiger partial charge in [0.1, 0.15) is 5.82 Å². The molecular weight excluding hydrogens is 399 g/mol. The molecule has 1 atom stereocenters. The van der Waals surface area contributed by atoms with Crippen LogP contribution in [0, 0.1) is 12.7 Å². The Balaban J connectivity index is 0.000000184. The van der Waals surface area contributed by atoms with Crippen LogP contribution in [0.5, 0.6) is 0 Å². The zero-order chi connectivity index (χ0) is 23.3. The second kappa shape index (κ2) is 13.3. The third-order valence-corrected chi connectivity index (χ3v) is 5.27. The maximum atomic E-state index is 12.5. The van der Waals surface area contributed by atoms with Crippen LogP contribution in [0.3, 0.4) is 0 Å². The van der Waals surface area contributed by atoms with Crippen LogP contribution in [0.1, 0.15) is 72.6 Å². The van der Waals surface area contributed by atoms with E-state index in [1.54, 1.807) is 31.5 Å². The number of benzene rings is 1. The van der Waals surface area contributed by atoms with Gasteiger partial charge in [0, 0.05) is 35.8 Å². The fourth-order valence-corrected chi connectivity index (χ4v) is 3.52. The van der Waals surface area contributed by atoms with Crippen molar-refractivity contribution in [1.29, 1.82) is 0 Å². The first kappa shape index (κ1) is 25.1. The van der Waals surface area contributed by atoms with Gasteiger partial charge in [-0.05, 0) is 81.0 Å². The lowest BCUT2D eigenvalue weighted by atomic mass is 9.99. The van der Waals surface area contributed by atoms with Crippen molar-refractivity contribution in [1.82, 2.24) is 9.97 Å². The zero-order valence-corrected chi connectivity index (χ0v) is 19.4. The number of hydrogen-bond donors (Lipinski definition) is 0. The number of Topliss-reactive ketones (excluding diaryl/α,β-unsaturated/α-hetero) is 1. The molecule has 0 radical (unpaired) electrons. The Kier molecular flexibility index (Phi) is 10.5. The highest BCUT2D eigenvalue weighted by Gasteiger charge is 2.21. The number of rotatable bonds is 4. The van der Waals surface area contributed by atoms with Crippen LogP contribution >= 0.6 is 0 Å². The molecule has 0 bridgehead atoms. The largest absolute Gasteiger partial charge is 0.294 e. The van der Waals surface area contributed by atoms with Gasteiger partial charge in [-0.3, -0.25) is 14.8 Å². The van der Waals surface area contributed by atoms with E-state index in [9.17, 15) is 9.18 Å². The third-order valence-electron chi connectivity index (χ3n) is 5.27. The summed E-state index contributed by atoms with van der Waals surface area (Å²) in [5.41, 5.74) is 5.31. The van der Waals surface area contributed by atoms with Gasteiger partial charge in [-0.15, -0.1) is 0 Å². The molecule has 32 heavy (non-hydrogen) atoms. The van der Waals surface area contributed by atoms with Crippen LogP contribution in [-0.2, 0) is 6.42 Å². The maximum absolute atomic E-state index is 12.5. The van der Waals surface area contributed by atoms with Gasteiger partial charge in [0.2, 0.25) is 0 Å². The Morgan fingerprint density at radius 2 is 1.97 bits per heavy atom. The molecule has 1 aliphatic carbocycles. The Bertz CT molecular complexity index is 984. The molecular formula is C28H33FN2O. The number of ketones is 1. The van der Waals surface area contributed by atoms with Gasteiger partial charge >= 0.3 is 0 Å². The highest BCUT2D eigenvalue weighted by atomic mass is 19.1. The molecule has 1 unspecified atom stereocenters. The Hall–Kier alpha value is -3.14. The fourth-order valence-electron chi connectivity index (χ4n) is 3.52. The summed E-state index contributed by atoms with van der Waals surface area (Å²) in [6, 6.07) is 14.5. The van der Waals surface area contributed by atoms with E-state index in [1.807, 2.05) is 43.5 Å². The van der Waals surface area contributed by atoms with Gasteiger partial charge in [-0.25, -0.2) is 4.39 Å². The van der Waals surface area contributed by atoms with Crippen molar-refractivity contribution >= 4 is 5.78 Å². The molecule has 1 aliphatic rings. The molecule has 3 aromatic rings. The number of aromatic nitrogens is 2. The number of carbonyl (C=O) groups is 1. The van der Waals surface area contributed by atoms with E-state index in [-0.39, 0.29) is 11.6 Å². The summed E-state index contributed by atoms with van der Waals surface area (Å²) >= 11 is 0. The molecule has 1 fully saturated rings. The van der Waals surface area contributed by atoms with Crippen molar-refractivity contribution in [3.05, 3.63) is 107 Å². The van der Waals surface area contributed by atoms with E-state index >= 15 is 0 Å². The smallest absolute Gasteiger partial charge is 0.161 e. The van der Waals surface area contributed by atoms with Crippen LogP contribution in [0.15, 0.2) is 79.3 Å². The Labute approximate surface area is 191 Å². The van der Waals surface area contributed by atoms with Crippen LogP contribution in [-0.4, -0.2) is 15.8 Å². The molecule has 2 heterocycles. The minimum atomic E-state index is -0.133. The SMILES string of the molecule is C=C1CCCC1c1ccc(C(C)=O)cn1.CCCc1cccc(F)c1.Cc1cccnc1. The summed E-state index contributed by atoms with van der Waals surface area (Å²) in [5.74, 6) is 0.344. The number of nitrogens with zero attached hydrogens (tertiary/aromatic N) is 2. The number of carbonyl (C=O) groups excluding carboxylic acids is 1. The molecule has 4 rings (SSSR count). The van der Waals surface area contributed by atoms with Gasteiger partial charge < -0.3 is 0 Å². The van der Waals surface area contributed by atoms with Crippen LogP contribution in [0.2, 0.25) is 0 Å². The van der Waals surface area contributed by atoms with Gasteiger partial charge in [0.15, 0.2) is 5.78 Å². The van der Waals surface area contributed by atoms with E-state index in [4.69, 9.17) is 0 Å². The average Bonchev–Trinajstić information content (AvgIpc) is 3.21. The Morgan fingerprint density at radius 3 is 2.44 bits per heavy atom. The van der Waals surface area contributed by atoms with Gasteiger partial charge in [-0.1, -0.05) is 43.7 Å². The standard InChI is InChI=1S/C13H15NO.C9H11F.C6H7N/c1-9-4-3-5-12(9)13-7-6-11(8-14-13)10(2)15;1-2-4-8-5-3-6-9(10)7-8;1-6-3-2-4-7-5-6/h6-8,12H,1,3-5H2,2H3;3,5-7H,2,4H2,1H3;2-5H,1H3.